The first kappa shape index (κ1) is 13.9. The smallest absolute Gasteiger partial charge is 0.0893 e. The third kappa shape index (κ3) is 5.77. The van der Waals surface area contributed by atoms with E-state index in [4.69, 9.17) is 0 Å². The highest BCUT2D eigenvalue weighted by Gasteiger charge is 2.19. The Bertz CT molecular complexity index is 178. The highest BCUT2D eigenvalue weighted by Crippen LogP contribution is 2.33. The number of hydrogen-bond acceptors (Lipinski definition) is 0. The molecule has 92 valence electrons. The van der Waals surface area contributed by atoms with Crippen LogP contribution in [0.5, 0.6) is 0 Å². The summed E-state index contributed by atoms with van der Waals surface area (Å²) >= 11 is 0. The van der Waals surface area contributed by atoms with E-state index in [0.29, 0.717) is 0 Å². The van der Waals surface area contributed by atoms with E-state index in [1.165, 1.54) is 65.0 Å². The Morgan fingerprint density at radius 3 is 2.38 bits per heavy atom. The monoisotopic (exact) mass is 220 g/mol. The normalized spacial score (nSPS) is 26.1. The van der Waals surface area contributed by atoms with E-state index >= 15 is 0 Å². The zero-order chi connectivity index (χ0) is 11.6. The molecule has 0 nitrogen and oxygen atoms in total. The van der Waals surface area contributed by atoms with Gasteiger partial charge in [-0.3, -0.25) is 0 Å². The minimum atomic E-state index is 1.00. The molecule has 0 saturated heterocycles. The molecule has 1 aliphatic rings. The van der Waals surface area contributed by atoms with Crippen molar-refractivity contribution >= 4 is 7.28 Å². The van der Waals surface area contributed by atoms with Gasteiger partial charge >= 0.3 is 0 Å². The molecule has 0 aromatic rings. The van der Waals surface area contributed by atoms with Crippen molar-refractivity contribution in [2.24, 2.45) is 11.8 Å². The first-order valence-corrected chi connectivity index (χ1v) is 7.51. The Kier molecular flexibility index (Phi) is 7.71. The van der Waals surface area contributed by atoms with Gasteiger partial charge in [0.15, 0.2) is 0 Å². The van der Waals surface area contributed by atoms with E-state index in [1.54, 1.807) is 0 Å². The summed E-state index contributed by atoms with van der Waals surface area (Å²) in [6.07, 6.45) is 17.7. The first-order chi connectivity index (χ1) is 7.86. The van der Waals surface area contributed by atoms with Crippen LogP contribution in [0.2, 0.25) is 13.1 Å². The molecule has 1 fully saturated rings. The molecule has 1 aliphatic carbocycles. The van der Waals surface area contributed by atoms with E-state index in [0.717, 1.165) is 11.8 Å². The third-order valence-electron chi connectivity index (χ3n) is 4.05. The molecule has 0 amide bonds. The molecule has 0 N–H and O–H groups in total. The molecule has 1 saturated carbocycles. The maximum atomic E-state index is 2.40. The quantitative estimate of drug-likeness (QED) is 0.327. The lowest BCUT2D eigenvalue weighted by atomic mass is 9.73. The Hall–Kier alpha value is -0.195. The summed E-state index contributed by atoms with van der Waals surface area (Å²) in [6.45, 7) is 4.53. The fourth-order valence-electron chi connectivity index (χ4n) is 2.89. The summed E-state index contributed by atoms with van der Waals surface area (Å²) in [7, 11) is 1.37. The number of rotatable bonds is 7. The van der Waals surface area contributed by atoms with E-state index in [9.17, 15) is 0 Å². The van der Waals surface area contributed by atoms with E-state index < -0.39 is 0 Å². The number of hydrogen-bond donors (Lipinski definition) is 0. The minimum absolute atomic E-state index is 1.00. The second-order valence-corrected chi connectivity index (χ2v) is 5.50. The Morgan fingerprint density at radius 1 is 1.06 bits per heavy atom. The largest absolute Gasteiger partial charge is 0.117 e. The summed E-state index contributed by atoms with van der Waals surface area (Å²) in [5.41, 5.74) is 0. The molecule has 0 aromatic heterocycles. The van der Waals surface area contributed by atoms with Crippen LogP contribution in [0.3, 0.4) is 0 Å². The fraction of sp³-hybridized carbons (Fsp3) is 0.867. The van der Waals surface area contributed by atoms with Crippen LogP contribution in [0.15, 0.2) is 12.2 Å². The van der Waals surface area contributed by atoms with Gasteiger partial charge in [0.1, 0.15) is 7.28 Å². The number of allylic oxidation sites excluding steroid dienone is 2. The Labute approximate surface area is 103 Å². The average molecular weight is 220 g/mol. The lowest BCUT2D eigenvalue weighted by Crippen LogP contribution is -2.14. The van der Waals surface area contributed by atoms with Gasteiger partial charge in [-0.05, 0) is 37.5 Å². The summed E-state index contributed by atoms with van der Waals surface area (Å²) in [4.78, 5) is 0. The Morgan fingerprint density at radius 2 is 1.75 bits per heavy atom. The molecule has 0 aliphatic heterocycles. The van der Waals surface area contributed by atoms with Crippen molar-refractivity contribution in [3.05, 3.63) is 12.2 Å². The van der Waals surface area contributed by atoms with Crippen molar-refractivity contribution in [1.29, 1.82) is 0 Å². The van der Waals surface area contributed by atoms with Gasteiger partial charge < -0.3 is 0 Å². The SMILES string of the molecule is CBCCCC1CCC(C/C=C\CC)CC1. The van der Waals surface area contributed by atoms with Crippen LogP contribution in [0.1, 0.15) is 58.3 Å². The fourth-order valence-corrected chi connectivity index (χ4v) is 2.89. The topological polar surface area (TPSA) is 0 Å². The van der Waals surface area contributed by atoms with Crippen molar-refractivity contribution in [2.75, 3.05) is 0 Å². The van der Waals surface area contributed by atoms with E-state index in [-0.39, 0.29) is 0 Å². The predicted molar refractivity (Wildman–Crippen MR) is 76.6 cm³/mol. The van der Waals surface area contributed by atoms with Crippen LogP contribution >= 0.6 is 0 Å². The standard InChI is InChI=1S/C15H29B/c1-3-4-5-7-14-9-11-15(12-10-14)8-6-13-16-2/h4-5,14-16H,3,6-13H2,1-2H3/b5-4-. The molecule has 0 heterocycles. The maximum absolute atomic E-state index is 2.40. The molecule has 16 heavy (non-hydrogen) atoms. The molecule has 0 spiro atoms. The average Bonchev–Trinajstić information content (AvgIpc) is 2.32. The van der Waals surface area contributed by atoms with Crippen molar-refractivity contribution in [3.63, 3.8) is 0 Å². The van der Waals surface area contributed by atoms with Crippen LogP contribution in [-0.4, -0.2) is 7.28 Å². The maximum Gasteiger partial charge on any atom is 0.117 e. The van der Waals surface area contributed by atoms with Crippen molar-refractivity contribution < 1.29 is 0 Å². The third-order valence-corrected chi connectivity index (χ3v) is 4.05. The second-order valence-electron chi connectivity index (χ2n) is 5.50. The first-order valence-electron chi connectivity index (χ1n) is 7.51. The molecule has 0 aromatic carbocycles. The molecule has 0 radical (unpaired) electrons. The van der Waals surface area contributed by atoms with Gasteiger partial charge in [-0.25, -0.2) is 0 Å². The van der Waals surface area contributed by atoms with Gasteiger partial charge in [0.25, 0.3) is 0 Å². The second kappa shape index (κ2) is 8.90. The van der Waals surface area contributed by atoms with Crippen LogP contribution in [0, 0.1) is 11.8 Å². The van der Waals surface area contributed by atoms with Crippen LogP contribution in [0.25, 0.3) is 0 Å². The molecule has 0 unspecified atom stereocenters. The van der Waals surface area contributed by atoms with Gasteiger partial charge in [-0.2, -0.15) is 0 Å². The van der Waals surface area contributed by atoms with E-state index in [1.807, 2.05) is 0 Å². The molecule has 1 rings (SSSR count). The highest BCUT2D eigenvalue weighted by molar-refractivity contribution is 6.33. The molecular weight excluding hydrogens is 191 g/mol. The summed E-state index contributed by atoms with van der Waals surface area (Å²) < 4.78 is 0. The molecule has 0 atom stereocenters. The lowest BCUT2D eigenvalue weighted by Gasteiger charge is -2.27. The van der Waals surface area contributed by atoms with E-state index in [2.05, 4.69) is 25.9 Å². The summed E-state index contributed by atoms with van der Waals surface area (Å²) in [5.74, 6) is 2.07. The van der Waals surface area contributed by atoms with Crippen molar-refractivity contribution in [3.8, 4) is 0 Å². The van der Waals surface area contributed by atoms with Gasteiger partial charge in [-0.1, -0.05) is 57.9 Å². The molecular formula is C15H29B. The predicted octanol–water partition coefficient (Wildman–Crippen LogP) is 4.83. The van der Waals surface area contributed by atoms with Gasteiger partial charge in [0.2, 0.25) is 0 Å². The van der Waals surface area contributed by atoms with Gasteiger partial charge in [0.05, 0.1) is 0 Å². The zero-order valence-corrected chi connectivity index (χ0v) is 11.4. The van der Waals surface area contributed by atoms with Crippen LogP contribution < -0.4 is 0 Å². The summed E-state index contributed by atoms with van der Waals surface area (Å²) in [5, 5.41) is 0. The van der Waals surface area contributed by atoms with Crippen molar-refractivity contribution in [2.45, 2.75) is 71.4 Å². The van der Waals surface area contributed by atoms with Gasteiger partial charge in [-0.15, -0.1) is 0 Å². The van der Waals surface area contributed by atoms with Crippen molar-refractivity contribution in [1.82, 2.24) is 0 Å². The zero-order valence-electron chi connectivity index (χ0n) is 11.4. The Balaban J connectivity index is 2.06. The lowest BCUT2D eigenvalue weighted by molar-refractivity contribution is 0.263. The van der Waals surface area contributed by atoms with Crippen LogP contribution in [-0.2, 0) is 0 Å². The van der Waals surface area contributed by atoms with Gasteiger partial charge in [0, 0.05) is 0 Å². The highest BCUT2D eigenvalue weighted by atomic mass is 14.2. The minimum Gasteiger partial charge on any atom is -0.0893 e. The molecule has 0 bridgehead atoms. The summed E-state index contributed by atoms with van der Waals surface area (Å²) in [6, 6.07) is 0. The van der Waals surface area contributed by atoms with Crippen LogP contribution in [0.4, 0.5) is 0 Å². The molecule has 1 heteroatoms.